The third-order valence-corrected chi connectivity index (χ3v) is 17.7. The number of fused-ring (bicyclic) bond motifs is 1. The van der Waals surface area contributed by atoms with Crippen LogP contribution in [0.15, 0.2) is 101 Å². The Bertz CT molecular complexity index is 3420. The van der Waals surface area contributed by atoms with Gasteiger partial charge in [-0.25, -0.2) is 19.9 Å². The molecule has 6 aromatic rings. The number of halogens is 4. The average Bonchev–Trinajstić information content (AvgIpc) is 3.69. The third-order valence-electron chi connectivity index (χ3n) is 11.9. The molecular weight excluding hydrogens is 1200 g/mol. The van der Waals surface area contributed by atoms with Crippen molar-refractivity contribution in [1.29, 1.82) is 0 Å². The van der Waals surface area contributed by atoms with Crippen molar-refractivity contribution in [2.24, 2.45) is 0 Å². The van der Waals surface area contributed by atoms with Crippen LogP contribution in [0.4, 0.5) is 17.1 Å². The minimum Gasteiger partial charge on any atom is -0.399 e. The summed E-state index contributed by atoms with van der Waals surface area (Å²) in [6, 6.07) is 19.4. The summed E-state index contributed by atoms with van der Waals surface area (Å²) in [5.41, 5.74) is 3.05. The van der Waals surface area contributed by atoms with Gasteiger partial charge in [0.05, 0.1) is 65.3 Å². The predicted molar refractivity (Wildman–Crippen MR) is 309 cm³/mol. The predicted octanol–water partition coefficient (Wildman–Crippen LogP) is 6.34. The number of ether oxygens (including phenoxy) is 3. The number of methoxy groups -OCH3 is 3. The van der Waals surface area contributed by atoms with Gasteiger partial charge in [0.25, 0.3) is 5.56 Å². The molecule has 31 heteroatoms. The first-order chi connectivity index (χ1) is 36.6. The fourth-order valence-electron chi connectivity index (χ4n) is 6.62. The quantitative estimate of drug-likeness (QED) is 0.0524. The SMILES string of the molecule is COCCN(C)S(=O)(=O)Nc1cc(-c2ccc3ncc(=O)n(-c4ccccc4)c3c2)cnc1Cl.COCCN(C)S(=O)(=O)Nc1cc(B2OC(C)(C)C(C)(C)O2)cnc1Cl.COCCN(C)S(=O)(=O)Nc1cc(Br)cnc1Cl. The van der Waals surface area contributed by atoms with E-state index in [4.69, 9.17) is 58.3 Å². The number of rotatable bonds is 21. The molecular formula is C47H60BBrCl3N11O12S3. The fraction of sp³-hybridized carbons (Fsp3) is 0.383. The van der Waals surface area contributed by atoms with Gasteiger partial charge in [-0.3, -0.25) is 23.5 Å². The Morgan fingerprint density at radius 1 is 0.603 bits per heavy atom. The lowest BCUT2D eigenvalue weighted by Gasteiger charge is -2.32. The lowest BCUT2D eigenvalue weighted by molar-refractivity contribution is 0.00578. The number of para-hydroxylation sites is 1. The van der Waals surface area contributed by atoms with Crippen LogP contribution < -0.4 is 25.2 Å². The monoisotopic (exact) mass is 1260 g/mol. The van der Waals surface area contributed by atoms with E-state index in [-0.39, 0.29) is 70.9 Å². The number of aromatic nitrogens is 5. The highest BCUT2D eigenvalue weighted by Crippen LogP contribution is 2.37. The van der Waals surface area contributed by atoms with Crippen molar-refractivity contribution < 1.29 is 48.8 Å². The highest BCUT2D eigenvalue weighted by Gasteiger charge is 2.52. The number of hydrogen-bond donors (Lipinski definition) is 3. The van der Waals surface area contributed by atoms with Crippen molar-refractivity contribution in [1.82, 2.24) is 37.4 Å². The average molecular weight is 1260 g/mol. The highest BCUT2D eigenvalue weighted by molar-refractivity contribution is 9.10. The van der Waals surface area contributed by atoms with Crippen LogP contribution in [0.1, 0.15) is 27.7 Å². The number of pyridine rings is 3. The second-order valence-electron chi connectivity index (χ2n) is 18.0. The first-order valence-corrected chi connectivity index (χ1v) is 29.6. The number of hydrogen-bond acceptors (Lipinski definition) is 16. The summed E-state index contributed by atoms with van der Waals surface area (Å²) in [5.74, 6) is 0. The normalized spacial score (nSPS) is 14.2. The standard InChI is InChI=1S/C23H22ClN5O4S.C15H25BClN3O5S.C9H13BrClN3O3S/c1-28(10-11-33-2)34(31,32)27-20-12-17(14-26-23(20)24)16-8-9-19-21(13-16)29(22(30)15-25-19)18-6-4-3-5-7-18;1-14(2)15(3,4)25-16(24-14)11-9-12(13(17)18-10-11)19-26(21,22)20(5)7-8-23-6;1-14(3-4-17-2)18(15,16)13-8-5-7(10)6-12-9(8)11/h3-9,12-15,27H,10-11H2,1-2H3;9-10,19H,7-8H2,1-6H3;5-6,13H,3-4H2,1-2H3. The van der Waals surface area contributed by atoms with E-state index < -0.39 is 48.9 Å². The first kappa shape index (κ1) is 64.2. The van der Waals surface area contributed by atoms with Crippen LogP contribution >= 0.6 is 50.7 Å². The van der Waals surface area contributed by atoms with Crippen LogP contribution in [-0.4, -0.2) is 163 Å². The van der Waals surface area contributed by atoms with E-state index >= 15 is 0 Å². The Hall–Kier alpha value is -4.63. The van der Waals surface area contributed by atoms with E-state index in [1.54, 1.807) is 22.8 Å². The van der Waals surface area contributed by atoms with Gasteiger partial charge in [0.15, 0.2) is 15.5 Å². The molecule has 424 valence electrons. The van der Waals surface area contributed by atoms with E-state index in [1.807, 2.05) is 70.2 Å². The smallest absolute Gasteiger partial charge is 0.399 e. The maximum atomic E-state index is 12.7. The van der Waals surface area contributed by atoms with Crippen molar-refractivity contribution in [2.75, 3.05) is 96.1 Å². The topological polar surface area (TPSA) is 268 Å². The van der Waals surface area contributed by atoms with Crippen molar-refractivity contribution in [2.45, 2.75) is 38.9 Å². The van der Waals surface area contributed by atoms with Gasteiger partial charge in [0.1, 0.15) is 0 Å². The van der Waals surface area contributed by atoms with Crippen LogP contribution in [0.5, 0.6) is 0 Å². The Kier molecular flexibility index (Phi) is 22.8. The molecule has 0 radical (unpaired) electrons. The molecule has 3 N–H and O–H groups in total. The van der Waals surface area contributed by atoms with Gasteiger partial charge in [0.2, 0.25) is 0 Å². The molecule has 0 amide bonds. The summed E-state index contributed by atoms with van der Waals surface area (Å²) >= 11 is 21.3. The molecule has 4 aromatic heterocycles. The van der Waals surface area contributed by atoms with E-state index in [9.17, 15) is 30.0 Å². The first-order valence-electron chi connectivity index (χ1n) is 23.3. The zero-order valence-electron chi connectivity index (χ0n) is 44.2. The van der Waals surface area contributed by atoms with Gasteiger partial charge >= 0.3 is 37.7 Å². The van der Waals surface area contributed by atoms with Crippen molar-refractivity contribution in [3.8, 4) is 16.8 Å². The second-order valence-corrected chi connectivity index (χ2v) is 25.3. The molecule has 23 nitrogen and oxygen atoms in total. The minimum atomic E-state index is -3.87. The van der Waals surface area contributed by atoms with Crippen molar-refractivity contribution in [3.63, 3.8) is 0 Å². The molecule has 0 aliphatic carbocycles. The molecule has 1 saturated heterocycles. The van der Waals surface area contributed by atoms with Gasteiger partial charge in [0, 0.05) is 102 Å². The zero-order valence-corrected chi connectivity index (χ0v) is 50.5. The summed E-state index contributed by atoms with van der Waals surface area (Å²) in [6.07, 6.45) is 5.81. The molecule has 0 bridgehead atoms. The molecule has 0 unspecified atom stereocenters. The molecule has 1 fully saturated rings. The van der Waals surface area contributed by atoms with Crippen molar-refractivity contribution in [3.05, 3.63) is 122 Å². The van der Waals surface area contributed by atoms with Gasteiger partial charge in [-0.2, -0.15) is 38.2 Å². The highest BCUT2D eigenvalue weighted by atomic mass is 79.9. The summed E-state index contributed by atoms with van der Waals surface area (Å²) in [4.78, 5) is 28.9. The third kappa shape index (κ3) is 17.0. The number of nitrogens with zero attached hydrogens (tertiary/aromatic N) is 8. The molecule has 5 heterocycles. The van der Waals surface area contributed by atoms with Gasteiger partial charge in [-0.1, -0.05) is 59.1 Å². The fourth-order valence-corrected chi connectivity index (χ4v) is 10.3. The van der Waals surface area contributed by atoms with Crippen molar-refractivity contribution >= 4 is 122 Å². The van der Waals surface area contributed by atoms with E-state index in [0.29, 0.717) is 44.4 Å². The minimum absolute atomic E-state index is 0.0103. The second kappa shape index (κ2) is 27.7. The van der Waals surface area contributed by atoms with Crippen LogP contribution in [0, 0.1) is 0 Å². The number of anilines is 3. The molecule has 1 aliphatic heterocycles. The lowest BCUT2D eigenvalue weighted by Crippen LogP contribution is -2.41. The number of benzene rings is 2. The summed E-state index contributed by atoms with van der Waals surface area (Å²) in [5, 5.41) is 0.131. The maximum Gasteiger partial charge on any atom is 0.496 e. The zero-order chi connectivity index (χ0) is 57.8. The molecule has 2 aromatic carbocycles. The van der Waals surface area contributed by atoms with Gasteiger partial charge in [-0.15, -0.1) is 0 Å². The maximum absolute atomic E-state index is 12.7. The summed E-state index contributed by atoms with van der Waals surface area (Å²) in [6.45, 7) is 9.19. The van der Waals surface area contributed by atoms with E-state index in [2.05, 4.69) is 50.0 Å². The summed E-state index contributed by atoms with van der Waals surface area (Å²) in [7, 11) is -3.17. The lowest BCUT2D eigenvalue weighted by atomic mass is 9.80. The van der Waals surface area contributed by atoms with Crippen LogP contribution in [0.3, 0.4) is 0 Å². The Labute approximate surface area is 478 Å². The molecule has 1 aliphatic rings. The Morgan fingerprint density at radius 2 is 1.05 bits per heavy atom. The Balaban J connectivity index is 0.000000227. The molecule has 0 spiro atoms. The number of nitrogens with one attached hydrogen (secondary N) is 3. The van der Waals surface area contributed by atoms with E-state index in [0.717, 1.165) is 12.9 Å². The van der Waals surface area contributed by atoms with Crippen LogP contribution in [-0.2, 0) is 54.1 Å². The summed E-state index contributed by atoms with van der Waals surface area (Å²) < 4.78 is 113. The molecule has 7 rings (SSSR count). The molecule has 0 atom stereocenters. The van der Waals surface area contributed by atoms with Gasteiger partial charge < -0.3 is 23.5 Å². The van der Waals surface area contributed by atoms with Crippen LogP contribution in [0.25, 0.3) is 27.8 Å². The van der Waals surface area contributed by atoms with Crippen LogP contribution in [0.2, 0.25) is 15.5 Å². The van der Waals surface area contributed by atoms with E-state index in [1.165, 1.54) is 73.3 Å². The molecule has 78 heavy (non-hydrogen) atoms. The number of likely N-dealkylation sites (N-methyl/N-ethyl adjacent to an activating group) is 3. The Morgan fingerprint density at radius 3 is 1.54 bits per heavy atom. The molecule has 0 saturated carbocycles. The largest absolute Gasteiger partial charge is 0.496 e. The van der Waals surface area contributed by atoms with Gasteiger partial charge in [-0.05, 0) is 91.7 Å².